The van der Waals surface area contributed by atoms with Crippen LogP contribution in [-0.2, 0) is 10.0 Å². The van der Waals surface area contributed by atoms with Crippen LogP contribution in [0.5, 0.6) is 0 Å². The number of hydrogen-bond acceptors (Lipinski definition) is 4. The molecule has 0 saturated carbocycles. The molecule has 78 valence electrons. The Hall–Kier alpha value is -1.14. The SMILES string of the molecule is C=CC(N(C)C)S(=O)(=O)n1cccn1. The lowest BCUT2D eigenvalue weighted by molar-refractivity contribution is 0.402. The Bertz CT molecular complexity index is 394. The molecule has 1 unspecified atom stereocenters. The molecule has 1 atom stereocenters. The summed E-state index contributed by atoms with van der Waals surface area (Å²) in [6.45, 7) is 3.50. The summed E-state index contributed by atoms with van der Waals surface area (Å²) in [5.74, 6) is 0. The lowest BCUT2D eigenvalue weighted by Crippen LogP contribution is -2.37. The van der Waals surface area contributed by atoms with Crippen molar-refractivity contribution in [3.05, 3.63) is 31.1 Å². The zero-order chi connectivity index (χ0) is 10.8. The molecule has 5 nitrogen and oxygen atoms in total. The first-order valence-corrected chi connectivity index (χ1v) is 5.53. The highest BCUT2D eigenvalue weighted by atomic mass is 32.2. The van der Waals surface area contributed by atoms with E-state index in [1.165, 1.54) is 18.5 Å². The van der Waals surface area contributed by atoms with Crippen LogP contribution in [0.15, 0.2) is 31.1 Å². The average Bonchev–Trinajstić information content (AvgIpc) is 2.55. The zero-order valence-electron chi connectivity index (χ0n) is 8.16. The molecule has 0 bridgehead atoms. The molecule has 14 heavy (non-hydrogen) atoms. The van der Waals surface area contributed by atoms with Crippen LogP contribution in [0.4, 0.5) is 0 Å². The first-order chi connectivity index (χ1) is 6.50. The van der Waals surface area contributed by atoms with E-state index in [2.05, 4.69) is 11.7 Å². The molecule has 6 heteroatoms. The van der Waals surface area contributed by atoms with Crippen molar-refractivity contribution in [2.24, 2.45) is 0 Å². The van der Waals surface area contributed by atoms with Crippen LogP contribution in [0.25, 0.3) is 0 Å². The maximum atomic E-state index is 11.9. The van der Waals surface area contributed by atoms with Crippen LogP contribution in [0.1, 0.15) is 0 Å². The van der Waals surface area contributed by atoms with E-state index in [1.54, 1.807) is 25.1 Å². The highest BCUT2D eigenvalue weighted by Crippen LogP contribution is 2.08. The molecule has 0 N–H and O–H groups in total. The summed E-state index contributed by atoms with van der Waals surface area (Å²) in [6, 6.07) is 1.56. The molecule has 0 aliphatic rings. The van der Waals surface area contributed by atoms with Crippen LogP contribution in [0.2, 0.25) is 0 Å². The van der Waals surface area contributed by atoms with Crippen LogP contribution in [-0.4, -0.2) is 42.0 Å². The maximum absolute atomic E-state index is 11.9. The molecular formula is C8H13N3O2S. The Balaban J connectivity index is 3.13. The molecule has 1 aromatic rings. The van der Waals surface area contributed by atoms with Gasteiger partial charge in [-0.1, -0.05) is 6.08 Å². The van der Waals surface area contributed by atoms with Crippen LogP contribution in [0.3, 0.4) is 0 Å². The van der Waals surface area contributed by atoms with Gasteiger partial charge in [0.25, 0.3) is 10.0 Å². The van der Waals surface area contributed by atoms with E-state index >= 15 is 0 Å². The number of nitrogens with zero attached hydrogens (tertiary/aromatic N) is 3. The van der Waals surface area contributed by atoms with Gasteiger partial charge in [0.1, 0.15) is 0 Å². The predicted molar refractivity (Wildman–Crippen MR) is 54.2 cm³/mol. The first-order valence-electron chi connectivity index (χ1n) is 4.03. The Morgan fingerprint density at radius 1 is 1.57 bits per heavy atom. The quantitative estimate of drug-likeness (QED) is 0.670. The summed E-state index contributed by atoms with van der Waals surface area (Å²) < 4.78 is 24.7. The van der Waals surface area contributed by atoms with Crippen LogP contribution in [0, 0.1) is 0 Å². The van der Waals surface area contributed by atoms with Crippen molar-refractivity contribution in [2.75, 3.05) is 14.1 Å². The molecule has 0 spiro atoms. The largest absolute Gasteiger partial charge is 0.289 e. The van der Waals surface area contributed by atoms with Gasteiger partial charge >= 0.3 is 0 Å². The highest BCUT2D eigenvalue weighted by molar-refractivity contribution is 7.90. The molecule has 1 heterocycles. The molecular weight excluding hydrogens is 202 g/mol. The second kappa shape index (κ2) is 3.93. The molecule has 0 radical (unpaired) electrons. The Morgan fingerprint density at radius 2 is 2.21 bits per heavy atom. The number of likely N-dealkylation sites (N-methyl/N-ethyl adjacent to an activating group) is 1. The van der Waals surface area contributed by atoms with Gasteiger partial charge in [0.15, 0.2) is 5.37 Å². The summed E-state index contributed by atoms with van der Waals surface area (Å²) in [5.41, 5.74) is 0. The topological polar surface area (TPSA) is 55.2 Å². The molecule has 0 aliphatic carbocycles. The predicted octanol–water partition coefficient (Wildman–Crippen LogP) is 0.135. The number of rotatable bonds is 4. The third-order valence-electron chi connectivity index (χ3n) is 1.76. The highest BCUT2D eigenvalue weighted by Gasteiger charge is 2.26. The Kier molecular flexibility index (Phi) is 3.07. The van der Waals surface area contributed by atoms with Crippen LogP contribution >= 0.6 is 0 Å². The lowest BCUT2D eigenvalue weighted by Gasteiger charge is -2.20. The minimum Gasteiger partial charge on any atom is -0.289 e. The first kappa shape index (κ1) is 10.9. The van der Waals surface area contributed by atoms with Crippen molar-refractivity contribution in [1.82, 2.24) is 14.1 Å². The summed E-state index contributed by atoms with van der Waals surface area (Å²) in [6.07, 6.45) is 4.19. The van der Waals surface area contributed by atoms with Gasteiger partial charge in [-0.3, -0.25) is 4.90 Å². The van der Waals surface area contributed by atoms with Gasteiger partial charge in [-0.25, -0.2) is 8.42 Å². The second-order valence-corrected chi connectivity index (χ2v) is 4.90. The lowest BCUT2D eigenvalue weighted by atomic mass is 10.6. The average molecular weight is 215 g/mol. The molecule has 0 fully saturated rings. The summed E-state index contributed by atoms with van der Waals surface area (Å²) in [4.78, 5) is 1.56. The molecule has 1 rings (SSSR count). The fraction of sp³-hybridized carbons (Fsp3) is 0.375. The van der Waals surface area contributed by atoms with Gasteiger partial charge in [0, 0.05) is 6.20 Å². The standard InChI is InChI=1S/C8H13N3O2S/c1-4-8(10(2)3)14(12,13)11-7-5-6-9-11/h4-8H,1H2,2-3H3. The normalized spacial score (nSPS) is 14.2. The number of hydrogen-bond donors (Lipinski definition) is 0. The van der Waals surface area contributed by atoms with E-state index in [9.17, 15) is 8.42 Å². The summed E-state index contributed by atoms with van der Waals surface area (Å²) in [7, 11) is -0.146. The molecule has 0 saturated heterocycles. The van der Waals surface area contributed by atoms with Crippen molar-refractivity contribution in [3.63, 3.8) is 0 Å². The second-order valence-electron chi connectivity index (χ2n) is 3.01. The van der Waals surface area contributed by atoms with E-state index in [0.29, 0.717) is 0 Å². The molecule has 1 aromatic heterocycles. The smallest absolute Gasteiger partial charge is 0.273 e. The minimum absolute atomic E-state index is 0.762. The Morgan fingerprint density at radius 3 is 2.57 bits per heavy atom. The minimum atomic E-state index is -3.49. The third kappa shape index (κ3) is 1.85. The third-order valence-corrected chi connectivity index (χ3v) is 3.72. The van der Waals surface area contributed by atoms with Gasteiger partial charge in [0.2, 0.25) is 0 Å². The van der Waals surface area contributed by atoms with E-state index < -0.39 is 15.4 Å². The summed E-state index contributed by atoms with van der Waals surface area (Å²) in [5, 5.41) is 2.93. The fourth-order valence-corrected chi connectivity index (χ4v) is 2.54. The van der Waals surface area contributed by atoms with Gasteiger partial charge in [-0.2, -0.15) is 9.19 Å². The van der Waals surface area contributed by atoms with Crippen molar-refractivity contribution in [3.8, 4) is 0 Å². The zero-order valence-corrected chi connectivity index (χ0v) is 8.98. The monoisotopic (exact) mass is 215 g/mol. The van der Waals surface area contributed by atoms with Crippen LogP contribution < -0.4 is 0 Å². The van der Waals surface area contributed by atoms with Gasteiger partial charge < -0.3 is 0 Å². The van der Waals surface area contributed by atoms with Crippen molar-refractivity contribution >= 4 is 10.0 Å². The van der Waals surface area contributed by atoms with Gasteiger partial charge in [-0.05, 0) is 20.2 Å². The van der Waals surface area contributed by atoms with Crippen molar-refractivity contribution in [1.29, 1.82) is 0 Å². The Labute approximate surface area is 83.7 Å². The molecule has 0 aromatic carbocycles. The van der Waals surface area contributed by atoms with E-state index in [0.717, 1.165) is 4.09 Å². The summed E-state index contributed by atoms with van der Waals surface area (Å²) >= 11 is 0. The van der Waals surface area contributed by atoms with Gasteiger partial charge in [-0.15, -0.1) is 6.58 Å². The molecule has 0 amide bonds. The van der Waals surface area contributed by atoms with E-state index in [4.69, 9.17) is 0 Å². The van der Waals surface area contributed by atoms with E-state index in [-0.39, 0.29) is 0 Å². The van der Waals surface area contributed by atoms with E-state index in [1.807, 2.05) is 0 Å². The maximum Gasteiger partial charge on any atom is 0.273 e. The number of aromatic nitrogens is 2. The van der Waals surface area contributed by atoms with Crippen molar-refractivity contribution in [2.45, 2.75) is 5.37 Å². The van der Waals surface area contributed by atoms with Crippen molar-refractivity contribution < 1.29 is 8.42 Å². The fourth-order valence-electron chi connectivity index (χ4n) is 1.11. The molecule has 0 aliphatic heterocycles. The van der Waals surface area contributed by atoms with Gasteiger partial charge in [0.05, 0.1) is 6.20 Å².